The van der Waals surface area contributed by atoms with Gasteiger partial charge in [0, 0.05) is 35.7 Å². The summed E-state index contributed by atoms with van der Waals surface area (Å²) in [5.74, 6) is -0.853. The Labute approximate surface area is 233 Å². The molecule has 0 radical (unpaired) electrons. The number of amides is 3. The van der Waals surface area contributed by atoms with Crippen molar-refractivity contribution < 1.29 is 27.5 Å². The Kier molecular flexibility index (Phi) is 7.38. The van der Waals surface area contributed by atoms with Gasteiger partial charge in [-0.05, 0) is 50.1 Å². The first-order valence-corrected chi connectivity index (χ1v) is 14.6. The molecule has 40 heavy (non-hydrogen) atoms. The summed E-state index contributed by atoms with van der Waals surface area (Å²) in [5, 5.41) is 2.81. The lowest BCUT2D eigenvalue weighted by molar-refractivity contribution is -0.131. The van der Waals surface area contributed by atoms with E-state index in [9.17, 15) is 22.8 Å². The van der Waals surface area contributed by atoms with Gasteiger partial charge >= 0.3 is 6.03 Å². The van der Waals surface area contributed by atoms with Crippen molar-refractivity contribution in [3.63, 3.8) is 0 Å². The van der Waals surface area contributed by atoms with Crippen LogP contribution in [0, 0.1) is 13.8 Å². The summed E-state index contributed by atoms with van der Waals surface area (Å²) in [6, 6.07) is 16.7. The van der Waals surface area contributed by atoms with E-state index in [0.29, 0.717) is 60.9 Å². The Balaban J connectivity index is 1.41. The number of carbonyl (C=O) groups is 3. The molecule has 2 aromatic carbocycles. The molecule has 0 bridgehead atoms. The molecular weight excluding hydrogens is 532 g/mol. The summed E-state index contributed by atoms with van der Waals surface area (Å²) >= 11 is 0. The molecular formula is C29H32N4O6S. The number of aryl methyl sites for hydroxylation is 1. The molecule has 0 aliphatic carbocycles. The molecule has 0 unspecified atom stereocenters. The standard InChI is InChI=1S/C29H32N4O6S/c1-4-29(22-9-6-5-7-10-22)27(35)32(28(36)30-29)19-26(34)25-17-20(2)33(21(25)3)23-11-8-12-24(18-23)40(37,38)31-13-15-39-16-14-31/h5-12,17-18H,4,13-16,19H2,1-3H3,(H,30,36)/t29-/m1/s1. The van der Waals surface area contributed by atoms with Gasteiger partial charge in [0.25, 0.3) is 5.91 Å². The maximum atomic E-state index is 13.5. The Hall–Kier alpha value is -3.80. The van der Waals surface area contributed by atoms with Crippen molar-refractivity contribution in [2.24, 2.45) is 0 Å². The van der Waals surface area contributed by atoms with E-state index in [1.807, 2.05) is 19.9 Å². The molecule has 3 aromatic rings. The second kappa shape index (κ2) is 10.6. The minimum atomic E-state index is -3.71. The summed E-state index contributed by atoms with van der Waals surface area (Å²) in [6.07, 6.45) is 0.338. The second-order valence-electron chi connectivity index (χ2n) is 10.0. The number of Topliss-reactive ketones (excluding diaryl/α,β-unsaturated/α-hetero) is 1. The smallest absolute Gasteiger partial charge is 0.325 e. The molecule has 1 N–H and O–H groups in total. The van der Waals surface area contributed by atoms with Gasteiger partial charge < -0.3 is 14.6 Å². The molecule has 10 nitrogen and oxygen atoms in total. The molecule has 3 heterocycles. The third-order valence-electron chi connectivity index (χ3n) is 7.69. The van der Waals surface area contributed by atoms with E-state index in [0.717, 1.165) is 4.90 Å². The van der Waals surface area contributed by atoms with Gasteiger partial charge in [0.15, 0.2) is 5.78 Å². The number of rotatable bonds is 8. The molecule has 2 fully saturated rings. The van der Waals surface area contributed by atoms with E-state index in [1.54, 1.807) is 66.1 Å². The van der Waals surface area contributed by atoms with Crippen LogP contribution in [0.25, 0.3) is 5.69 Å². The molecule has 1 aromatic heterocycles. The summed E-state index contributed by atoms with van der Waals surface area (Å²) in [7, 11) is -3.71. The minimum absolute atomic E-state index is 0.156. The summed E-state index contributed by atoms with van der Waals surface area (Å²) < 4.78 is 34.9. The Bertz CT molecular complexity index is 1580. The van der Waals surface area contributed by atoms with Crippen LogP contribution in [-0.4, -0.2) is 72.8 Å². The normalized spacial score (nSPS) is 20.1. The van der Waals surface area contributed by atoms with Gasteiger partial charge in [0.05, 0.1) is 24.7 Å². The van der Waals surface area contributed by atoms with Crippen LogP contribution in [0.2, 0.25) is 0 Å². The SMILES string of the molecule is CC[C@]1(c2ccccc2)NC(=O)N(CC(=O)c2cc(C)n(-c3cccc(S(=O)(=O)N4CCOCC4)c3)c2C)C1=O. The van der Waals surface area contributed by atoms with E-state index in [4.69, 9.17) is 4.74 Å². The fourth-order valence-corrected chi connectivity index (χ4v) is 6.97. The summed E-state index contributed by atoms with van der Waals surface area (Å²) in [4.78, 5) is 41.0. The number of ketones is 1. The number of hydrogen-bond acceptors (Lipinski definition) is 6. The van der Waals surface area contributed by atoms with Crippen LogP contribution in [0.15, 0.2) is 65.6 Å². The van der Waals surface area contributed by atoms with Gasteiger partial charge in [0.1, 0.15) is 5.54 Å². The number of urea groups is 1. The molecule has 2 saturated heterocycles. The number of carbonyl (C=O) groups excluding carboxylic acids is 3. The highest BCUT2D eigenvalue weighted by Gasteiger charge is 2.51. The number of aromatic nitrogens is 1. The monoisotopic (exact) mass is 564 g/mol. The zero-order valence-corrected chi connectivity index (χ0v) is 23.5. The second-order valence-corrected chi connectivity index (χ2v) is 11.9. The first-order valence-electron chi connectivity index (χ1n) is 13.2. The largest absolute Gasteiger partial charge is 0.379 e. The molecule has 11 heteroatoms. The quantitative estimate of drug-likeness (QED) is 0.332. The van der Waals surface area contributed by atoms with E-state index in [-0.39, 0.29) is 10.7 Å². The maximum absolute atomic E-state index is 13.5. The van der Waals surface area contributed by atoms with Gasteiger partial charge in [-0.1, -0.05) is 43.3 Å². The molecule has 210 valence electrons. The topological polar surface area (TPSA) is 118 Å². The summed E-state index contributed by atoms with van der Waals surface area (Å²) in [6.45, 7) is 6.27. The Morgan fingerprint density at radius 2 is 1.70 bits per heavy atom. The molecule has 2 aliphatic heterocycles. The van der Waals surface area contributed by atoms with Gasteiger partial charge in [-0.3, -0.25) is 14.5 Å². The van der Waals surface area contributed by atoms with Crippen molar-refractivity contribution in [2.45, 2.75) is 37.6 Å². The van der Waals surface area contributed by atoms with Crippen LogP contribution >= 0.6 is 0 Å². The fourth-order valence-electron chi connectivity index (χ4n) is 5.52. The number of hydrogen-bond donors (Lipinski definition) is 1. The van der Waals surface area contributed by atoms with Gasteiger partial charge in [-0.15, -0.1) is 0 Å². The zero-order valence-electron chi connectivity index (χ0n) is 22.7. The van der Waals surface area contributed by atoms with Crippen LogP contribution in [0.5, 0.6) is 0 Å². The average molecular weight is 565 g/mol. The molecule has 0 spiro atoms. The highest BCUT2D eigenvalue weighted by atomic mass is 32.2. The van der Waals surface area contributed by atoms with Crippen molar-refractivity contribution in [3.05, 3.63) is 83.2 Å². The average Bonchev–Trinajstić information content (AvgIpc) is 3.41. The molecule has 5 rings (SSSR count). The molecule has 0 saturated carbocycles. The van der Waals surface area contributed by atoms with Crippen molar-refractivity contribution in [1.29, 1.82) is 0 Å². The van der Waals surface area contributed by atoms with E-state index >= 15 is 0 Å². The Morgan fingerprint density at radius 1 is 1.00 bits per heavy atom. The lowest BCUT2D eigenvalue weighted by Crippen LogP contribution is -2.43. The lowest BCUT2D eigenvalue weighted by Gasteiger charge is -2.26. The molecule has 1 atom stereocenters. The predicted octanol–water partition coefficient (Wildman–Crippen LogP) is 3.16. The summed E-state index contributed by atoms with van der Waals surface area (Å²) in [5.41, 5.74) is 1.69. The first-order chi connectivity index (χ1) is 19.1. The minimum Gasteiger partial charge on any atom is -0.379 e. The van der Waals surface area contributed by atoms with Crippen molar-refractivity contribution >= 4 is 27.7 Å². The van der Waals surface area contributed by atoms with E-state index in [1.165, 1.54) is 4.31 Å². The maximum Gasteiger partial charge on any atom is 0.325 e. The highest BCUT2D eigenvalue weighted by molar-refractivity contribution is 7.89. The number of imide groups is 1. The third-order valence-corrected chi connectivity index (χ3v) is 9.58. The van der Waals surface area contributed by atoms with Crippen molar-refractivity contribution in [2.75, 3.05) is 32.8 Å². The van der Waals surface area contributed by atoms with Crippen molar-refractivity contribution in [3.8, 4) is 5.69 Å². The van der Waals surface area contributed by atoms with E-state index in [2.05, 4.69) is 5.32 Å². The first kappa shape index (κ1) is 27.8. The molecule has 2 aliphatic rings. The Morgan fingerprint density at radius 3 is 2.38 bits per heavy atom. The highest BCUT2D eigenvalue weighted by Crippen LogP contribution is 2.33. The zero-order chi connectivity index (χ0) is 28.7. The van der Waals surface area contributed by atoms with Gasteiger partial charge in [0.2, 0.25) is 10.0 Å². The van der Waals surface area contributed by atoms with Gasteiger partial charge in [-0.2, -0.15) is 4.31 Å². The number of sulfonamides is 1. The number of ether oxygens (including phenoxy) is 1. The number of benzene rings is 2. The lowest BCUT2D eigenvalue weighted by atomic mass is 9.87. The van der Waals surface area contributed by atoms with Crippen LogP contribution < -0.4 is 5.32 Å². The predicted molar refractivity (Wildman–Crippen MR) is 148 cm³/mol. The third kappa shape index (κ3) is 4.63. The molecule has 3 amide bonds. The van der Waals surface area contributed by atoms with Crippen LogP contribution in [-0.2, 0) is 25.1 Å². The number of nitrogens with one attached hydrogen (secondary N) is 1. The van der Waals surface area contributed by atoms with Crippen molar-refractivity contribution in [1.82, 2.24) is 19.1 Å². The van der Waals surface area contributed by atoms with Crippen LogP contribution in [0.1, 0.15) is 40.7 Å². The number of nitrogens with zero attached hydrogens (tertiary/aromatic N) is 3. The number of morpholine rings is 1. The van der Waals surface area contributed by atoms with Crippen LogP contribution in [0.4, 0.5) is 4.79 Å². The van der Waals surface area contributed by atoms with E-state index < -0.39 is 34.0 Å². The van der Waals surface area contributed by atoms with Crippen LogP contribution in [0.3, 0.4) is 0 Å². The fraction of sp³-hybridized carbons (Fsp3) is 0.345. The van der Waals surface area contributed by atoms with Gasteiger partial charge in [-0.25, -0.2) is 13.2 Å².